The molecule has 206 valence electrons. The van der Waals surface area contributed by atoms with Gasteiger partial charge < -0.3 is 29.2 Å². The second-order valence-electron chi connectivity index (χ2n) is 15.1. The van der Waals surface area contributed by atoms with E-state index in [1.807, 2.05) is 27.7 Å². The van der Waals surface area contributed by atoms with Crippen LogP contribution in [0.4, 0.5) is 0 Å². The van der Waals surface area contributed by atoms with E-state index in [1.54, 1.807) is 0 Å². The van der Waals surface area contributed by atoms with E-state index >= 15 is 0 Å². The van der Waals surface area contributed by atoms with Crippen molar-refractivity contribution < 1.29 is 29.2 Å². The summed E-state index contributed by atoms with van der Waals surface area (Å²) >= 11 is 0. The van der Waals surface area contributed by atoms with Gasteiger partial charge in [0.2, 0.25) is 0 Å². The first-order valence-electron chi connectivity index (χ1n) is 14.7. The van der Waals surface area contributed by atoms with Gasteiger partial charge in [-0.25, -0.2) is 0 Å². The summed E-state index contributed by atoms with van der Waals surface area (Å²) in [7, 11) is 0. The zero-order valence-corrected chi connectivity index (χ0v) is 23.9. The van der Waals surface area contributed by atoms with Crippen LogP contribution in [0.25, 0.3) is 0 Å². The van der Waals surface area contributed by atoms with E-state index in [-0.39, 0.29) is 23.0 Å². The quantitative estimate of drug-likeness (QED) is 0.529. The van der Waals surface area contributed by atoms with Gasteiger partial charge in [0.1, 0.15) is 22.4 Å². The molecule has 6 aliphatic rings. The Morgan fingerprint density at radius 1 is 0.583 bits per heavy atom. The molecule has 0 radical (unpaired) electrons. The molecule has 6 fully saturated rings. The maximum absolute atomic E-state index is 11.5. The molecule has 0 amide bonds. The van der Waals surface area contributed by atoms with Crippen LogP contribution < -0.4 is 0 Å². The van der Waals surface area contributed by atoms with Crippen molar-refractivity contribution in [2.45, 2.75) is 166 Å². The minimum Gasteiger partial charge on any atom is -0.364 e. The lowest BCUT2D eigenvalue weighted by Gasteiger charge is -2.64. The van der Waals surface area contributed by atoms with E-state index in [9.17, 15) is 10.2 Å². The van der Waals surface area contributed by atoms with Gasteiger partial charge in [0, 0.05) is 23.7 Å². The highest BCUT2D eigenvalue weighted by Crippen LogP contribution is 2.68. The van der Waals surface area contributed by atoms with Crippen molar-refractivity contribution >= 4 is 0 Å². The molecule has 4 heterocycles. The lowest BCUT2D eigenvalue weighted by molar-refractivity contribution is -0.415. The zero-order valence-electron chi connectivity index (χ0n) is 23.9. The van der Waals surface area contributed by atoms with Crippen LogP contribution in [0.5, 0.6) is 0 Å². The second-order valence-corrected chi connectivity index (χ2v) is 15.1. The Kier molecular flexibility index (Phi) is 5.26. The molecule has 4 bridgehead atoms. The molecule has 0 aromatic heterocycles. The second kappa shape index (κ2) is 7.28. The Morgan fingerprint density at radius 3 is 1.31 bits per heavy atom. The summed E-state index contributed by atoms with van der Waals surface area (Å²) in [5.41, 5.74) is -2.61. The highest BCUT2D eigenvalue weighted by Gasteiger charge is 2.75. The fourth-order valence-electron chi connectivity index (χ4n) is 9.74. The largest absolute Gasteiger partial charge is 0.364 e. The monoisotopic (exact) mass is 506 g/mol. The number of ether oxygens (including phenoxy) is 4. The Hall–Kier alpha value is -0.240. The molecular weight excluding hydrogens is 456 g/mol. The normalized spacial score (nSPS) is 58.8. The Labute approximate surface area is 217 Å². The average Bonchev–Trinajstić information content (AvgIpc) is 3.32. The van der Waals surface area contributed by atoms with Crippen LogP contribution in [-0.2, 0) is 18.9 Å². The molecule has 0 aromatic carbocycles. The summed E-state index contributed by atoms with van der Waals surface area (Å²) in [6, 6.07) is 0. The van der Waals surface area contributed by atoms with E-state index in [0.29, 0.717) is 24.7 Å². The lowest BCUT2D eigenvalue weighted by Crippen LogP contribution is -2.71. The van der Waals surface area contributed by atoms with Crippen molar-refractivity contribution in [1.82, 2.24) is 0 Å². The van der Waals surface area contributed by atoms with Crippen LogP contribution in [0, 0.1) is 22.7 Å². The van der Waals surface area contributed by atoms with Crippen molar-refractivity contribution in [3.8, 4) is 0 Å². The molecule has 0 aromatic rings. The molecule has 2 unspecified atom stereocenters. The van der Waals surface area contributed by atoms with E-state index in [2.05, 4.69) is 27.7 Å². The van der Waals surface area contributed by atoms with Gasteiger partial charge in [-0.15, -0.1) is 0 Å². The third-order valence-electron chi connectivity index (χ3n) is 13.2. The van der Waals surface area contributed by atoms with Gasteiger partial charge in [0.25, 0.3) is 0 Å². The first-order chi connectivity index (χ1) is 16.5. The van der Waals surface area contributed by atoms with Crippen molar-refractivity contribution in [3.63, 3.8) is 0 Å². The Bertz CT molecular complexity index is 860. The lowest BCUT2D eigenvalue weighted by atomic mass is 9.50. The minimum absolute atomic E-state index is 0.00519. The van der Waals surface area contributed by atoms with Crippen molar-refractivity contribution in [3.05, 3.63) is 0 Å². The van der Waals surface area contributed by atoms with Crippen LogP contribution in [-0.4, -0.2) is 56.4 Å². The fraction of sp³-hybridized carbons (Fsp3) is 1.00. The summed E-state index contributed by atoms with van der Waals surface area (Å²) in [6.45, 7) is 17.4. The van der Waals surface area contributed by atoms with Crippen molar-refractivity contribution in [1.29, 1.82) is 0 Å². The third-order valence-corrected chi connectivity index (χ3v) is 13.2. The molecule has 10 atom stereocenters. The number of aliphatic hydroxyl groups is 2. The van der Waals surface area contributed by atoms with Gasteiger partial charge in [-0.1, -0.05) is 27.7 Å². The van der Waals surface area contributed by atoms with E-state index in [4.69, 9.17) is 18.9 Å². The highest BCUT2D eigenvalue weighted by atomic mass is 16.7. The molecule has 2 N–H and O–H groups in total. The summed E-state index contributed by atoms with van der Waals surface area (Å²) in [6.07, 6.45) is 9.06. The predicted molar refractivity (Wildman–Crippen MR) is 136 cm³/mol. The number of hydrogen-bond donors (Lipinski definition) is 2. The standard InChI is InChI=1S/C30H50O6/c1-19-9-11-21-27(15-17-29(31,35-27)23(3,4)33-21)25(19,7)13-14-26(8)20(2)10-12-22-28(26)16-18-30(32,36-28)24(5,6)34-22/h19-22,31-32H,9-18H2,1-8H3/t19-,20+,21-,22-,25-,26-,27+,28+,29?,30?/m0/s1. The molecule has 36 heavy (non-hydrogen) atoms. The Morgan fingerprint density at radius 2 is 0.944 bits per heavy atom. The molecule has 2 saturated carbocycles. The summed E-state index contributed by atoms with van der Waals surface area (Å²) in [5.74, 6) is -1.55. The third kappa shape index (κ3) is 2.85. The van der Waals surface area contributed by atoms with Crippen molar-refractivity contribution in [2.24, 2.45) is 22.7 Å². The van der Waals surface area contributed by atoms with E-state index in [0.717, 1.165) is 51.4 Å². The molecule has 2 spiro atoms. The smallest absolute Gasteiger partial charge is 0.195 e. The number of fused-ring (bicyclic) bond motifs is 2. The maximum atomic E-state index is 11.5. The molecular formula is C30H50O6. The van der Waals surface area contributed by atoms with Crippen molar-refractivity contribution in [2.75, 3.05) is 0 Å². The Balaban J connectivity index is 1.34. The topological polar surface area (TPSA) is 77.4 Å². The molecule has 6 nitrogen and oxygen atoms in total. The van der Waals surface area contributed by atoms with Gasteiger partial charge >= 0.3 is 0 Å². The number of rotatable bonds is 3. The molecule has 6 heteroatoms. The summed E-state index contributed by atoms with van der Waals surface area (Å²) < 4.78 is 27.0. The van der Waals surface area contributed by atoms with Gasteiger partial charge in [-0.3, -0.25) is 0 Å². The fourth-order valence-corrected chi connectivity index (χ4v) is 9.74. The van der Waals surface area contributed by atoms with Crippen LogP contribution in [0.1, 0.15) is 120 Å². The zero-order chi connectivity index (χ0) is 26.2. The minimum atomic E-state index is -1.23. The van der Waals surface area contributed by atoms with Crippen LogP contribution in [0.15, 0.2) is 0 Å². The van der Waals surface area contributed by atoms with Gasteiger partial charge in [-0.2, -0.15) is 0 Å². The molecule has 2 aliphatic carbocycles. The SMILES string of the molecule is C[C@@H]1CC[C@@H]2OC(C)(C)C3(O)CC[C@]2(O3)[C@@]1(C)CC[C@@]1(C)[C@@H](C)CC[C@@H]2OC(C)(C)C3(O)CC[C@@]21O3. The van der Waals surface area contributed by atoms with Gasteiger partial charge in [0.05, 0.1) is 12.2 Å². The first-order valence-corrected chi connectivity index (χ1v) is 14.7. The van der Waals surface area contributed by atoms with E-state index < -0.39 is 34.0 Å². The first kappa shape index (κ1) is 26.0. The summed E-state index contributed by atoms with van der Waals surface area (Å²) in [4.78, 5) is 0. The highest BCUT2D eigenvalue weighted by molar-refractivity contribution is 5.20. The van der Waals surface area contributed by atoms with Gasteiger partial charge in [0.15, 0.2) is 11.6 Å². The number of hydrogen-bond acceptors (Lipinski definition) is 6. The van der Waals surface area contributed by atoms with E-state index in [1.165, 1.54) is 0 Å². The maximum Gasteiger partial charge on any atom is 0.195 e. The van der Waals surface area contributed by atoms with Crippen LogP contribution >= 0.6 is 0 Å². The molecule has 6 rings (SSSR count). The molecule has 4 aliphatic heterocycles. The van der Waals surface area contributed by atoms with Crippen LogP contribution in [0.2, 0.25) is 0 Å². The molecule has 4 saturated heterocycles. The summed E-state index contributed by atoms with van der Waals surface area (Å²) in [5, 5.41) is 23.0. The average molecular weight is 507 g/mol. The van der Waals surface area contributed by atoms with Gasteiger partial charge in [-0.05, 0) is 90.9 Å². The van der Waals surface area contributed by atoms with Crippen LogP contribution in [0.3, 0.4) is 0 Å². The predicted octanol–water partition coefficient (Wildman–Crippen LogP) is 5.47.